The van der Waals surface area contributed by atoms with Gasteiger partial charge in [0.05, 0.1) is 5.92 Å². The van der Waals surface area contributed by atoms with Crippen molar-refractivity contribution in [2.24, 2.45) is 5.92 Å². The van der Waals surface area contributed by atoms with Crippen LogP contribution in [0.4, 0.5) is 4.79 Å². The van der Waals surface area contributed by atoms with Crippen molar-refractivity contribution in [2.75, 3.05) is 26.2 Å². The highest BCUT2D eigenvalue weighted by atomic mass is 16.4. The van der Waals surface area contributed by atoms with Gasteiger partial charge in [-0.05, 0) is 26.4 Å². The van der Waals surface area contributed by atoms with E-state index in [0.29, 0.717) is 6.42 Å². The predicted octanol–water partition coefficient (Wildman–Crippen LogP) is 1.52. The number of likely N-dealkylation sites (N-methyl/N-ethyl adjacent to an activating group) is 1. The summed E-state index contributed by atoms with van der Waals surface area (Å²) in [4.78, 5) is 24.9. The summed E-state index contributed by atoms with van der Waals surface area (Å²) in [5.74, 6) is -1.37. The summed E-state index contributed by atoms with van der Waals surface area (Å²) in [6.07, 6.45) is 1.36. The van der Waals surface area contributed by atoms with Crippen LogP contribution >= 0.6 is 0 Å². The summed E-state index contributed by atoms with van der Waals surface area (Å²) in [6, 6.07) is -0.267. The maximum Gasteiger partial charge on any atom is 0.315 e. The lowest BCUT2D eigenvalue weighted by atomic mass is 10.0. The standard InChI is InChI=1S/C14H29N3O3/c1-5-8-12(13(18)19)9-15-14(20)16-11(4)10-17(6-2)7-3/h11-12H,5-10H2,1-4H3,(H,18,19)(H2,15,16,20). The Kier molecular flexibility index (Phi) is 9.80. The molecule has 118 valence electrons. The zero-order valence-electron chi connectivity index (χ0n) is 13.1. The molecule has 0 aromatic heterocycles. The van der Waals surface area contributed by atoms with E-state index in [1.807, 2.05) is 13.8 Å². The van der Waals surface area contributed by atoms with Crippen molar-refractivity contribution in [2.45, 2.75) is 46.6 Å². The first kappa shape index (κ1) is 18.7. The van der Waals surface area contributed by atoms with Gasteiger partial charge in [-0.25, -0.2) is 4.79 Å². The van der Waals surface area contributed by atoms with E-state index in [0.717, 1.165) is 26.1 Å². The van der Waals surface area contributed by atoms with Crippen LogP contribution in [0, 0.1) is 5.92 Å². The number of nitrogens with one attached hydrogen (secondary N) is 2. The van der Waals surface area contributed by atoms with E-state index in [4.69, 9.17) is 5.11 Å². The molecule has 0 aromatic rings. The predicted molar refractivity (Wildman–Crippen MR) is 79.8 cm³/mol. The number of rotatable bonds is 10. The third-order valence-electron chi connectivity index (χ3n) is 3.30. The van der Waals surface area contributed by atoms with Crippen molar-refractivity contribution in [3.8, 4) is 0 Å². The van der Waals surface area contributed by atoms with Crippen LogP contribution in [0.25, 0.3) is 0 Å². The van der Waals surface area contributed by atoms with E-state index in [1.165, 1.54) is 0 Å². The van der Waals surface area contributed by atoms with Gasteiger partial charge in [0.1, 0.15) is 0 Å². The summed E-state index contributed by atoms with van der Waals surface area (Å²) in [7, 11) is 0. The van der Waals surface area contributed by atoms with Gasteiger partial charge >= 0.3 is 12.0 Å². The Hall–Kier alpha value is -1.30. The monoisotopic (exact) mass is 287 g/mol. The molecule has 0 aliphatic heterocycles. The van der Waals surface area contributed by atoms with Crippen molar-refractivity contribution < 1.29 is 14.7 Å². The molecule has 0 radical (unpaired) electrons. The molecule has 0 saturated heterocycles. The van der Waals surface area contributed by atoms with E-state index in [2.05, 4.69) is 29.4 Å². The molecule has 0 fully saturated rings. The van der Waals surface area contributed by atoms with Crippen LogP contribution in [0.2, 0.25) is 0 Å². The zero-order chi connectivity index (χ0) is 15.5. The van der Waals surface area contributed by atoms with Gasteiger partial charge < -0.3 is 20.6 Å². The van der Waals surface area contributed by atoms with Gasteiger partial charge in [-0.1, -0.05) is 27.2 Å². The average molecular weight is 287 g/mol. The second kappa shape index (κ2) is 10.5. The second-order valence-corrected chi connectivity index (χ2v) is 5.07. The molecular formula is C14H29N3O3. The van der Waals surface area contributed by atoms with Gasteiger partial charge in [-0.15, -0.1) is 0 Å². The molecule has 6 heteroatoms. The molecule has 0 bridgehead atoms. The number of urea groups is 1. The van der Waals surface area contributed by atoms with Crippen LogP contribution in [-0.4, -0.2) is 54.2 Å². The first-order valence-corrected chi connectivity index (χ1v) is 7.43. The summed E-state index contributed by atoms with van der Waals surface area (Å²) in [5, 5.41) is 14.5. The Balaban J connectivity index is 4.06. The highest BCUT2D eigenvalue weighted by molar-refractivity contribution is 5.76. The fourth-order valence-electron chi connectivity index (χ4n) is 2.07. The Morgan fingerprint density at radius 1 is 1.20 bits per heavy atom. The van der Waals surface area contributed by atoms with Crippen LogP contribution in [0.15, 0.2) is 0 Å². The van der Waals surface area contributed by atoms with Gasteiger partial charge in [-0.3, -0.25) is 4.79 Å². The highest BCUT2D eigenvalue weighted by Crippen LogP contribution is 2.04. The molecule has 6 nitrogen and oxygen atoms in total. The minimum absolute atomic E-state index is 0.0318. The molecule has 2 atom stereocenters. The smallest absolute Gasteiger partial charge is 0.315 e. The van der Waals surface area contributed by atoms with Crippen molar-refractivity contribution in [1.82, 2.24) is 15.5 Å². The van der Waals surface area contributed by atoms with Crippen LogP contribution < -0.4 is 10.6 Å². The maximum atomic E-state index is 11.7. The molecule has 0 saturated carbocycles. The molecule has 0 aromatic carbocycles. The molecule has 0 rings (SSSR count). The topological polar surface area (TPSA) is 81.7 Å². The fraction of sp³-hybridized carbons (Fsp3) is 0.857. The Morgan fingerprint density at radius 2 is 1.80 bits per heavy atom. The molecule has 2 unspecified atom stereocenters. The number of nitrogens with zero attached hydrogens (tertiary/aromatic N) is 1. The summed E-state index contributed by atoms with van der Waals surface area (Å²) >= 11 is 0. The third-order valence-corrected chi connectivity index (χ3v) is 3.30. The Bertz CT molecular complexity index is 293. The lowest BCUT2D eigenvalue weighted by Crippen LogP contribution is -2.47. The zero-order valence-corrected chi connectivity index (χ0v) is 13.1. The first-order chi connectivity index (χ1) is 9.44. The van der Waals surface area contributed by atoms with Crippen LogP contribution in [-0.2, 0) is 4.79 Å². The van der Waals surface area contributed by atoms with Crippen molar-refractivity contribution in [1.29, 1.82) is 0 Å². The van der Waals surface area contributed by atoms with Gasteiger partial charge in [0.15, 0.2) is 0 Å². The SMILES string of the molecule is CCCC(CNC(=O)NC(C)CN(CC)CC)C(=O)O. The molecule has 20 heavy (non-hydrogen) atoms. The number of hydrogen-bond donors (Lipinski definition) is 3. The summed E-state index contributed by atoms with van der Waals surface area (Å²) in [6.45, 7) is 10.9. The van der Waals surface area contributed by atoms with E-state index < -0.39 is 11.9 Å². The van der Waals surface area contributed by atoms with Crippen LogP contribution in [0.1, 0.15) is 40.5 Å². The number of amides is 2. The Labute approximate surface area is 121 Å². The molecular weight excluding hydrogens is 258 g/mol. The third kappa shape index (κ3) is 7.99. The number of aliphatic carboxylic acids is 1. The van der Waals surface area contributed by atoms with Crippen LogP contribution in [0.5, 0.6) is 0 Å². The van der Waals surface area contributed by atoms with E-state index >= 15 is 0 Å². The van der Waals surface area contributed by atoms with Gasteiger partial charge in [-0.2, -0.15) is 0 Å². The highest BCUT2D eigenvalue weighted by Gasteiger charge is 2.17. The van der Waals surface area contributed by atoms with Crippen LogP contribution in [0.3, 0.4) is 0 Å². The minimum atomic E-state index is -0.858. The largest absolute Gasteiger partial charge is 0.481 e. The second-order valence-electron chi connectivity index (χ2n) is 5.07. The molecule has 0 aliphatic carbocycles. The number of carbonyl (C=O) groups is 2. The lowest BCUT2D eigenvalue weighted by Gasteiger charge is -2.23. The van der Waals surface area contributed by atoms with E-state index in [-0.39, 0.29) is 18.6 Å². The van der Waals surface area contributed by atoms with E-state index in [9.17, 15) is 9.59 Å². The molecule has 0 aliphatic rings. The summed E-state index contributed by atoms with van der Waals surface area (Å²) in [5.41, 5.74) is 0. The van der Waals surface area contributed by atoms with E-state index in [1.54, 1.807) is 0 Å². The number of carbonyl (C=O) groups excluding carboxylic acids is 1. The van der Waals surface area contributed by atoms with Gasteiger partial charge in [0.2, 0.25) is 0 Å². The number of hydrogen-bond acceptors (Lipinski definition) is 3. The quantitative estimate of drug-likeness (QED) is 0.569. The van der Waals surface area contributed by atoms with Gasteiger partial charge in [0, 0.05) is 19.1 Å². The minimum Gasteiger partial charge on any atom is -0.481 e. The average Bonchev–Trinajstić information content (AvgIpc) is 2.40. The molecule has 2 amide bonds. The van der Waals surface area contributed by atoms with Crippen molar-refractivity contribution >= 4 is 12.0 Å². The van der Waals surface area contributed by atoms with Gasteiger partial charge in [0.25, 0.3) is 0 Å². The fourth-order valence-corrected chi connectivity index (χ4v) is 2.07. The maximum absolute atomic E-state index is 11.7. The van der Waals surface area contributed by atoms with Crippen molar-refractivity contribution in [3.63, 3.8) is 0 Å². The number of carboxylic acid groups (broad SMARTS) is 1. The normalized spacial score (nSPS) is 13.8. The summed E-state index contributed by atoms with van der Waals surface area (Å²) < 4.78 is 0. The Morgan fingerprint density at radius 3 is 2.25 bits per heavy atom. The molecule has 3 N–H and O–H groups in total. The molecule has 0 spiro atoms. The first-order valence-electron chi connectivity index (χ1n) is 7.43. The number of carboxylic acids is 1. The van der Waals surface area contributed by atoms with Crippen molar-refractivity contribution in [3.05, 3.63) is 0 Å². The lowest BCUT2D eigenvalue weighted by molar-refractivity contribution is -0.141. The molecule has 0 heterocycles.